The Labute approximate surface area is 114 Å². The van der Waals surface area contributed by atoms with E-state index < -0.39 is 0 Å². The molecule has 1 aliphatic rings. The lowest BCUT2D eigenvalue weighted by atomic mass is 9.74. The van der Waals surface area contributed by atoms with Gasteiger partial charge in [0.1, 0.15) is 5.76 Å². The molecular formula is C17H32O. The van der Waals surface area contributed by atoms with Gasteiger partial charge in [0, 0.05) is 5.41 Å². The van der Waals surface area contributed by atoms with Crippen molar-refractivity contribution in [1.82, 2.24) is 0 Å². The molecule has 0 saturated heterocycles. The Balaban J connectivity index is 2.93. The molecule has 0 bridgehead atoms. The quantitative estimate of drug-likeness (QED) is 0.639. The summed E-state index contributed by atoms with van der Waals surface area (Å²) in [7, 11) is 0. The van der Waals surface area contributed by atoms with Crippen LogP contribution in [0.1, 0.15) is 74.1 Å². The predicted molar refractivity (Wildman–Crippen MR) is 79.5 cm³/mol. The van der Waals surface area contributed by atoms with Gasteiger partial charge in [0.25, 0.3) is 0 Å². The van der Waals surface area contributed by atoms with Gasteiger partial charge in [0.15, 0.2) is 0 Å². The minimum absolute atomic E-state index is 0.137. The summed E-state index contributed by atoms with van der Waals surface area (Å²) in [5.41, 5.74) is 1.91. The average molecular weight is 252 g/mol. The second-order valence-corrected chi connectivity index (χ2v) is 7.83. The van der Waals surface area contributed by atoms with Gasteiger partial charge in [0.2, 0.25) is 0 Å². The number of allylic oxidation sites excluding steroid dienone is 2. The van der Waals surface area contributed by atoms with Crippen LogP contribution >= 0.6 is 0 Å². The van der Waals surface area contributed by atoms with E-state index in [2.05, 4.69) is 48.5 Å². The fourth-order valence-corrected chi connectivity index (χ4v) is 2.72. The third-order valence-corrected chi connectivity index (χ3v) is 3.78. The molecule has 0 aliphatic carbocycles. The first kappa shape index (κ1) is 15.6. The van der Waals surface area contributed by atoms with Crippen molar-refractivity contribution >= 4 is 0 Å². The lowest BCUT2D eigenvalue weighted by Crippen LogP contribution is -2.29. The summed E-state index contributed by atoms with van der Waals surface area (Å²) in [5.74, 6) is 1.98. The van der Waals surface area contributed by atoms with Crippen LogP contribution in [0.2, 0.25) is 0 Å². The van der Waals surface area contributed by atoms with E-state index in [1.54, 1.807) is 5.57 Å². The number of hydrogen-bond acceptors (Lipinski definition) is 1. The molecule has 1 unspecified atom stereocenters. The fraction of sp³-hybridized carbons (Fsp3) is 0.882. The van der Waals surface area contributed by atoms with Crippen molar-refractivity contribution in [3.63, 3.8) is 0 Å². The molecular weight excluding hydrogens is 220 g/mol. The molecule has 0 aromatic rings. The molecule has 1 atom stereocenters. The first-order valence-corrected chi connectivity index (χ1v) is 7.53. The van der Waals surface area contributed by atoms with E-state index in [0.29, 0.717) is 0 Å². The van der Waals surface area contributed by atoms with Gasteiger partial charge in [0.05, 0.1) is 6.61 Å². The molecule has 0 fully saturated rings. The van der Waals surface area contributed by atoms with Gasteiger partial charge in [-0.05, 0) is 29.7 Å². The van der Waals surface area contributed by atoms with Crippen LogP contribution in [0.5, 0.6) is 0 Å². The van der Waals surface area contributed by atoms with Crippen molar-refractivity contribution in [3.05, 3.63) is 11.3 Å². The Morgan fingerprint density at radius 2 is 1.67 bits per heavy atom. The lowest BCUT2D eigenvalue weighted by molar-refractivity contribution is 0.0804. The van der Waals surface area contributed by atoms with E-state index in [4.69, 9.17) is 4.74 Å². The summed E-state index contributed by atoms with van der Waals surface area (Å²) in [5, 5.41) is 0. The summed E-state index contributed by atoms with van der Waals surface area (Å²) in [4.78, 5) is 0. The van der Waals surface area contributed by atoms with Gasteiger partial charge in [-0.3, -0.25) is 0 Å². The summed E-state index contributed by atoms with van der Waals surface area (Å²) < 4.78 is 6.17. The SMILES string of the molecule is CCCCC1COC(C(C)(C)C)=C(C(C)(C)C)C1. The monoisotopic (exact) mass is 252 g/mol. The van der Waals surface area contributed by atoms with Crippen LogP contribution in [0.25, 0.3) is 0 Å². The van der Waals surface area contributed by atoms with Crippen LogP contribution in [0.15, 0.2) is 11.3 Å². The molecule has 18 heavy (non-hydrogen) atoms. The Hall–Kier alpha value is -0.460. The molecule has 0 aromatic carbocycles. The molecule has 1 aliphatic heterocycles. The van der Waals surface area contributed by atoms with Gasteiger partial charge in [-0.25, -0.2) is 0 Å². The van der Waals surface area contributed by atoms with Crippen LogP contribution in [0.3, 0.4) is 0 Å². The molecule has 0 spiro atoms. The number of rotatable bonds is 3. The molecule has 0 saturated carbocycles. The van der Waals surface area contributed by atoms with Crippen molar-refractivity contribution in [1.29, 1.82) is 0 Å². The largest absolute Gasteiger partial charge is 0.497 e. The highest BCUT2D eigenvalue weighted by molar-refractivity contribution is 5.22. The highest BCUT2D eigenvalue weighted by Crippen LogP contribution is 2.43. The van der Waals surface area contributed by atoms with Gasteiger partial charge in [-0.2, -0.15) is 0 Å². The molecule has 0 aromatic heterocycles. The topological polar surface area (TPSA) is 9.23 Å². The number of hydrogen-bond donors (Lipinski definition) is 0. The van der Waals surface area contributed by atoms with Crippen molar-refractivity contribution in [3.8, 4) is 0 Å². The normalized spacial score (nSPS) is 22.1. The van der Waals surface area contributed by atoms with Gasteiger partial charge >= 0.3 is 0 Å². The average Bonchev–Trinajstić information content (AvgIpc) is 2.23. The van der Waals surface area contributed by atoms with Crippen LogP contribution in [-0.2, 0) is 4.74 Å². The third kappa shape index (κ3) is 4.03. The van der Waals surface area contributed by atoms with E-state index in [9.17, 15) is 0 Å². The Kier molecular flexibility index (Phi) is 4.91. The van der Waals surface area contributed by atoms with Gasteiger partial charge in [-0.15, -0.1) is 0 Å². The molecule has 1 rings (SSSR count). The molecule has 1 heteroatoms. The first-order valence-electron chi connectivity index (χ1n) is 7.53. The molecule has 106 valence electrons. The zero-order valence-electron chi connectivity index (χ0n) is 13.5. The summed E-state index contributed by atoms with van der Waals surface area (Å²) in [6, 6.07) is 0. The Bertz CT molecular complexity index is 299. The van der Waals surface area contributed by atoms with E-state index in [-0.39, 0.29) is 10.8 Å². The van der Waals surface area contributed by atoms with Crippen LogP contribution < -0.4 is 0 Å². The van der Waals surface area contributed by atoms with E-state index >= 15 is 0 Å². The van der Waals surface area contributed by atoms with E-state index in [1.165, 1.54) is 31.4 Å². The standard InChI is InChI=1S/C17H32O/c1-8-9-10-13-11-14(16(2,3)4)15(18-12-13)17(5,6)7/h13H,8-12H2,1-7H3. The van der Waals surface area contributed by atoms with Crippen LogP contribution in [-0.4, -0.2) is 6.61 Å². The molecule has 1 nitrogen and oxygen atoms in total. The van der Waals surface area contributed by atoms with E-state index in [0.717, 1.165) is 12.5 Å². The highest BCUT2D eigenvalue weighted by atomic mass is 16.5. The predicted octanol–water partition coefficient (Wildman–Crippen LogP) is 5.56. The maximum atomic E-state index is 6.17. The van der Waals surface area contributed by atoms with Crippen LogP contribution in [0.4, 0.5) is 0 Å². The Morgan fingerprint density at radius 1 is 1.06 bits per heavy atom. The number of ether oxygens (including phenoxy) is 1. The van der Waals surface area contributed by atoms with Crippen molar-refractivity contribution in [2.45, 2.75) is 74.1 Å². The Morgan fingerprint density at radius 3 is 2.11 bits per heavy atom. The fourth-order valence-electron chi connectivity index (χ4n) is 2.72. The van der Waals surface area contributed by atoms with Crippen molar-refractivity contribution in [2.75, 3.05) is 6.61 Å². The van der Waals surface area contributed by atoms with Crippen LogP contribution in [0, 0.1) is 16.7 Å². The summed E-state index contributed by atoms with van der Waals surface area (Å²) in [6.07, 6.45) is 5.16. The van der Waals surface area contributed by atoms with Gasteiger partial charge < -0.3 is 4.74 Å². The first-order chi connectivity index (χ1) is 8.16. The zero-order chi connectivity index (χ0) is 14.0. The molecule has 0 amide bonds. The van der Waals surface area contributed by atoms with Gasteiger partial charge in [-0.1, -0.05) is 61.3 Å². The van der Waals surface area contributed by atoms with Crippen molar-refractivity contribution in [2.24, 2.45) is 16.7 Å². The molecule has 0 N–H and O–H groups in total. The molecule has 0 radical (unpaired) electrons. The molecule has 1 heterocycles. The zero-order valence-corrected chi connectivity index (χ0v) is 13.5. The highest BCUT2D eigenvalue weighted by Gasteiger charge is 2.34. The second kappa shape index (κ2) is 5.67. The second-order valence-electron chi connectivity index (χ2n) is 7.83. The summed E-state index contributed by atoms with van der Waals surface area (Å²) in [6.45, 7) is 16.9. The third-order valence-electron chi connectivity index (χ3n) is 3.78. The minimum atomic E-state index is 0.137. The smallest absolute Gasteiger partial charge is 0.101 e. The number of unbranched alkanes of at least 4 members (excludes halogenated alkanes) is 1. The summed E-state index contributed by atoms with van der Waals surface area (Å²) >= 11 is 0. The van der Waals surface area contributed by atoms with Crippen molar-refractivity contribution < 1.29 is 4.74 Å². The lowest BCUT2D eigenvalue weighted by Gasteiger charge is -2.39. The maximum Gasteiger partial charge on any atom is 0.101 e. The van der Waals surface area contributed by atoms with E-state index in [1.807, 2.05) is 0 Å². The maximum absolute atomic E-state index is 6.17. The minimum Gasteiger partial charge on any atom is -0.497 e.